The Kier molecular flexibility index (Phi) is 7.26. The fourth-order valence-electron chi connectivity index (χ4n) is 2.38. The molecular weight excluding hydrogens is 352 g/mol. The number of hydrogen-bond donors (Lipinski definition) is 2. The second-order valence-corrected chi connectivity index (χ2v) is 7.43. The van der Waals surface area contributed by atoms with Crippen LogP contribution < -0.4 is 15.4 Å². The first-order chi connectivity index (χ1) is 12.5. The number of urea groups is 1. The smallest absolute Gasteiger partial charge is 0.351 e. The van der Waals surface area contributed by atoms with E-state index in [0.717, 1.165) is 22.9 Å². The van der Waals surface area contributed by atoms with E-state index in [0.29, 0.717) is 35.4 Å². The number of nitrogens with one attached hydrogen (secondary N) is 2. The Bertz CT molecular complexity index is 770. The van der Waals surface area contributed by atoms with E-state index in [4.69, 9.17) is 9.47 Å². The number of thiophene rings is 1. The molecule has 1 aromatic carbocycles. The molecule has 26 heavy (non-hydrogen) atoms. The number of rotatable bonds is 8. The van der Waals surface area contributed by atoms with Crippen molar-refractivity contribution in [1.82, 2.24) is 5.32 Å². The lowest BCUT2D eigenvalue weighted by Gasteiger charge is -2.10. The summed E-state index contributed by atoms with van der Waals surface area (Å²) in [6.07, 6.45) is 1.75. The van der Waals surface area contributed by atoms with Crippen molar-refractivity contribution < 1.29 is 19.1 Å². The van der Waals surface area contributed by atoms with Gasteiger partial charge in [0, 0.05) is 22.3 Å². The minimum atomic E-state index is -0.418. The molecule has 0 aliphatic heterocycles. The van der Waals surface area contributed by atoms with Crippen molar-refractivity contribution in [2.75, 3.05) is 25.6 Å². The predicted octanol–water partition coefficient (Wildman–Crippen LogP) is 4.64. The first-order valence-electron chi connectivity index (χ1n) is 8.78. The molecular formula is C19H26N2O4S. The minimum Gasteiger partial charge on any atom is -0.491 e. The van der Waals surface area contributed by atoms with Crippen LogP contribution in [0.25, 0.3) is 10.1 Å². The Balaban J connectivity index is 2.22. The van der Waals surface area contributed by atoms with Crippen molar-refractivity contribution in [2.24, 2.45) is 5.92 Å². The normalized spacial score (nSPS) is 10.8. The summed E-state index contributed by atoms with van der Waals surface area (Å²) in [7, 11) is 1.35. The van der Waals surface area contributed by atoms with E-state index >= 15 is 0 Å². The van der Waals surface area contributed by atoms with Crippen molar-refractivity contribution >= 4 is 39.1 Å². The highest BCUT2D eigenvalue weighted by atomic mass is 32.1. The zero-order chi connectivity index (χ0) is 19.1. The maximum Gasteiger partial charge on any atom is 0.351 e. The van der Waals surface area contributed by atoms with Gasteiger partial charge >= 0.3 is 12.0 Å². The van der Waals surface area contributed by atoms with Crippen LogP contribution in [-0.2, 0) is 4.74 Å². The number of amides is 2. The summed E-state index contributed by atoms with van der Waals surface area (Å²) in [6, 6.07) is 5.26. The van der Waals surface area contributed by atoms with Gasteiger partial charge in [0.25, 0.3) is 0 Å². The van der Waals surface area contributed by atoms with E-state index in [1.165, 1.54) is 18.4 Å². The monoisotopic (exact) mass is 378 g/mol. The molecule has 0 bridgehead atoms. The lowest BCUT2D eigenvalue weighted by Crippen LogP contribution is -2.30. The third kappa shape index (κ3) is 5.11. The fraction of sp³-hybridized carbons (Fsp3) is 0.474. The van der Waals surface area contributed by atoms with E-state index < -0.39 is 5.97 Å². The summed E-state index contributed by atoms with van der Waals surface area (Å²) in [4.78, 5) is 24.5. The average Bonchev–Trinajstić information content (AvgIpc) is 2.96. The molecule has 0 saturated heterocycles. The number of anilines is 1. The molecule has 0 atom stereocenters. The van der Waals surface area contributed by atoms with Crippen molar-refractivity contribution in [3.8, 4) is 5.75 Å². The zero-order valence-corrected chi connectivity index (χ0v) is 16.5. The van der Waals surface area contributed by atoms with E-state index in [2.05, 4.69) is 24.5 Å². The first-order valence-corrected chi connectivity index (χ1v) is 9.60. The third-order valence-corrected chi connectivity index (χ3v) is 4.86. The molecule has 6 nitrogen and oxygen atoms in total. The maximum absolute atomic E-state index is 12.0. The highest BCUT2D eigenvalue weighted by Crippen LogP contribution is 2.39. The van der Waals surface area contributed by atoms with Crippen LogP contribution in [0.2, 0.25) is 0 Å². The standard InChI is InChI=1S/C19H26N2O4S/c1-5-10-25-16-14-11-13(21-19(23)20-9-8-12(2)3)6-7-15(14)26-17(16)18(22)24-4/h6-7,11-12H,5,8-10H2,1-4H3,(H2,20,21,23). The van der Waals surface area contributed by atoms with Crippen LogP contribution in [0, 0.1) is 5.92 Å². The van der Waals surface area contributed by atoms with E-state index in [1.54, 1.807) is 0 Å². The summed E-state index contributed by atoms with van der Waals surface area (Å²) in [5, 5.41) is 6.46. The molecule has 7 heteroatoms. The molecule has 2 rings (SSSR count). The number of carbonyl (C=O) groups excluding carboxylic acids is 2. The molecule has 1 heterocycles. The molecule has 1 aromatic heterocycles. The van der Waals surface area contributed by atoms with E-state index in [9.17, 15) is 9.59 Å². The molecule has 2 amide bonds. The number of fused-ring (bicyclic) bond motifs is 1. The second-order valence-electron chi connectivity index (χ2n) is 6.37. The summed E-state index contributed by atoms with van der Waals surface area (Å²) in [5.41, 5.74) is 0.648. The highest BCUT2D eigenvalue weighted by Gasteiger charge is 2.21. The van der Waals surface area contributed by atoms with Gasteiger partial charge in [0.1, 0.15) is 0 Å². The molecule has 0 radical (unpaired) electrons. The van der Waals surface area contributed by atoms with Gasteiger partial charge in [-0.2, -0.15) is 0 Å². The van der Waals surface area contributed by atoms with Crippen molar-refractivity contribution in [1.29, 1.82) is 0 Å². The van der Waals surface area contributed by atoms with Gasteiger partial charge in [-0.3, -0.25) is 0 Å². The van der Waals surface area contributed by atoms with Crippen molar-refractivity contribution in [3.05, 3.63) is 23.1 Å². The van der Waals surface area contributed by atoms with Crippen LogP contribution in [0.5, 0.6) is 5.75 Å². The van der Waals surface area contributed by atoms with Crippen LogP contribution >= 0.6 is 11.3 Å². The molecule has 2 aromatic rings. The van der Waals surface area contributed by atoms with Crippen LogP contribution in [0.15, 0.2) is 18.2 Å². The largest absolute Gasteiger partial charge is 0.491 e. The van der Waals surface area contributed by atoms with Gasteiger partial charge in [-0.05, 0) is 37.0 Å². The zero-order valence-electron chi connectivity index (χ0n) is 15.7. The van der Waals surface area contributed by atoms with E-state index in [1.807, 2.05) is 25.1 Å². The predicted molar refractivity (Wildman–Crippen MR) is 105 cm³/mol. The van der Waals surface area contributed by atoms with Gasteiger partial charge in [0.05, 0.1) is 13.7 Å². The van der Waals surface area contributed by atoms with Gasteiger partial charge in [-0.15, -0.1) is 11.3 Å². The third-order valence-electron chi connectivity index (χ3n) is 3.73. The lowest BCUT2D eigenvalue weighted by atomic mass is 10.1. The van der Waals surface area contributed by atoms with Crippen LogP contribution in [-0.4, -0.2) is 32.3 Å². The van der Waals surface area contributed by atoms with Gasteiger partial charge in [0.2, 0.25) is 0 Å². The Morgan fingerprint density at radius 3 is 2.69 bits per heavy atom. The Morgan fingerprint density at radius 1 is 1.27 bits per heavy atom. The molecule has 0 aliphatic rings. The Labute approximate surface area is 157 Å². The molecule has 142 valence electrons. The quantitative estimate of drug-likeness (QED) is 0.656. The van der Waals surface area contributed by atoms with Crippen molar-refractivity contribution in [3.63, 3.8) is 0 Å². The topological polar surface area (TPSA) is 76.7 Å². The molecule has 0 fully saturated rings. The number of esters is 1. The summed E-state index contributed by atoms with van der Waals surface area (Å²) in [5.74, 6) is 0.633. The number of benzene rings is 1. The fourth-order valence-corrected chi connectivity index (χ4v) is 3.42. The SMILES string of the molecule is CCCOc1c(C(=O)OC)sc2ccc(NC(=O)NCCC(C)C)cc12. The Hall–Kier alpha value is -2.28. The van der Waals surface area contributed by atoms with Crippen LogP contribution in [0.1, 0.15) is 43.3 Å². The first kappa shape index (κ1) is 20.0. The van der Waals surface area contributed by atoms with Crippen molar-refractivity contribution in [2.45, 2.75) is 33.6 Å². The van der Waals surface area contributed by atoms with Gasteiger partial charge in [-0.1, -0.05) is 20.8 Å². The van der Waals surface area contributed by atoms with Gasteiger partial charge < -0.3 is 20.1 Å². The maximum atomic E-state index is 12.0. The molecule has 0 unspecified atom stereocenters. The summed E-state index contributed by atoms with van der Waals surface area (Å²) < 4.78 is 11.6. The highest BCUT2D eigenvalue weighted by molar-refractivity contribution is 7.21. The molecule has 2 N–H and O–H groups in total. The number of ether oxygens (including phenoxy) is 2. The summed E-state index contributed by atoms with van der Waals surface area (Å²) in [6.45, 7) is 7.35. The summed E-state index contributed by atoms with van der Waals surface area (Å²) >= 11 is 1.32. The van der Waals surface area contributed by atoms with Crippen LogP contribution in [0.4, 0.5) is 10.5 Å². The molecule has 0 saturated carbocycles. The number of hydrogen-bond acceptors (Lipinski definition) is 5. The average molecular weight is 378 g/mol. The van der Waals surface area contributed by atoms with E-state index in [-0.39, 0.29) is 6.03 Å². The molecule has 0 spiro atoms. The van der Waals surface area contributed by atoms with Gasteiger partial charge in [-0.25, -0.2) is 9.59 Å². The lowest BCUT2D eigenvalue weighted by molar-refractivity contribution is 0.0602. The number of methoxy groups -OCH3 is 1. The molecule has 0 aliphatic carbocycles. The Morgan fingerprint density at radius 2 is 2.04 bits per heavy atom. The number of carbonyl (C=O) groups is 2. The minimum absolute atomic E-state index is 0.246. The van der Waals surface area contributed by atoms with Gasteiger partial charge in [0.15, 0.2) is 10.6 Å². The van der Waals surface area contributed by atoms with Crippen LogP contribution in [0.3, 0.4) is 0 Å². The second kappa shape index (κ2) is 9.43.